The van der Waals surface area contributed by atoms with Crippen molar-refractivity contribution in [3.05, 3.63) is 318 Å². The Morgan fingerprint density at radius 2 is 0.865 bits per heavy atom. The van der Waals surface area contributed by atoms with Gasteiger partial charge in [-0.1, -0.05) is 112 Å². The number of amides is 4. The SMILES string of the molecule is CC(C)c1ncncc1-c1ncc2c(n1)N(Cc1ccc(-n3cccn3)cc1)C(=O)C2.CCc1ccccc1-c1ncc2c(n1)N(Cc1ccc(-n3cccn3)cc1)C(=O)C2.Cn1cc(C(F)(F)F)nc1-c1ccc(CN2C(=O)Cc3cnc(-c4cccnc4OCC(F)(F)F)nc32)cc1.O=C1Cc2cnc(-c3cccc4c3OC(F)(F)O4)nc2N1Cc1ccc(-n2cccn2)cc1. The number of halogens is 8. The first-order valence-electron chi connectivity index (χ1n) is 41.7. The average molecular weight is 1800 g/mol. The summed E-state index contributed by atoms with van der Waals surface area (Å²) in [7, 11) is 1.46. The van der Waals surface area contributed by atoms with E-state index in [0.29, 0.717) is 89.6 Å². The number of para-hydroxylation sites is 1. The summed E-state index contributed by atoms with van der Waals surface area (Å²) in [5.41, 5.74) is 13.2. The van der Waals surface area contributed by atoms with E-state index in [4.69, 9.17) is 14.7 Å². The normalized spacial score (nSPS) is 13.9. The van der Waals surface area contributed by atoms with Crippen molar-refractivity contribution in [2.75, 3.05) is 26.2 Å². The lowest BCUT2D eigenvalue weighted by Crippen LogP contribution is -2.26. The molecule has 0 saturated heterocycles. The van der Waals surface area contributed by atoms with Crippen molar-refractivity contribution >= 4 is 46.9 Å². The fraction of sp³-hybridized carbons (Fsp3) is 0.189. The van der Waals surface area contributed by atoms with Gasteiger partial charge in [-0.25, -0.2) is 73.9 Å². The summed E-state index contributed by atoms with van der Waals surface area (Å²) in [6.07, 6.45) is 11.7. The molecule has 0 radical (unpaired) electrons. The lowest BCUT2D eigenvalue weighted by molar-refractivity contribution is -0.286. The number of aromatic nitrogens is 19. The van der Waals surface area contributed by atoms with Crippen LogP contribution in [0.15, 0.2) is 257 Å². The molecule has 4 amide bonds. The smallest absolute Gasteiger partial charge is 0.467 e. The largest absolute Gasteiger partial charge is 0.586 e. The Bertz CT molecular complexity index is 7010. The number of anilines is 4. The minimum Gasteiger partial charge on any atom is -0.467 e. The topological polar surface area (TPSA) is 322 Å². The van der Waals surface area contributed by atoms with Crippen molar-refractivity contribution in [1.82, 2.24) is 93.7 Å². The standard InChI is InChI=1S/C25H18F6N6O2.C24H21N5O.C23H15F2N5O3.C23H21N7O/c1-36-12-18(25(29,30)31)34-21(36)15-6-4-14(5-7-15)11-37-19(38)9-16-10-33-20(35-22(16)37)17-3-2-8-32-23(17)39-13-24(26,27)28;1-2-18-6-3-4-7-21(18)23-25-15-19-14-22(30)28(24(19)27-23)16-17-8-10-20(11-9-17)29-13-5-12-26-29;24-23(25)32-18-4-1-3-17(20(18)33-23)21-26-12-15-11-19(31)29(22(15)28-21)13-14-5-7-16(8-6-14)30-10-2-9-27-30;1-15(2)21-19(12-24-14-26-21)22-25-11-17-10-20(31)29(23(17)28-22)13-16-4-6-18(7-5-16)30-9-3-8-27-30/h2-8,10,12H,9,11,13H2,1H3;3-13,15H,2,14,16H2,1H3;1-10,12H,11,13H2;3-9,11-12,14-15H,10,13H2,1-2H3. The van der Waals surface area contributed by atoms with Gasteiger partial charge in [0.1, 0.15) is 35.4 Å². The number of ether oxygens (including phenoxy) is 3. The number of alkyl halides is 8. The Balaban J connectivity index is 0.000000119. The van der Waals surface area contributed by atoms with Crippen LogP contribution in [-0.2, 0) is 90.7 Å². The maximum Gasteiger partial charge on any atom is 0.586 e. The van der Waals surface area contributed by atoms with Crippen LogP contribution in [0.25, 0.3) is 74.0 Å². The van der Waals surface area contributed by atoms with Gasteiger partial charge in [-0.05, 0) is 119 Å². The Kier molecular flexibility index (Phi) is 23.9. The number of nitrogens with zero attached hydrogens (tertiary/aromatic N) is 23. The molecule has 0 bridgehead atoms. The van der Waals surface area contributed by atoms with Gasteiger partial charge in [-0.2, -0.15) is 41.6 Å². The van der Waals surface area contributed by atoms with Gasteiger partial charge in [0, 0.05) is 121 Å². The number of rotatable bonds is 20. The molecule has 16 aromatic rings. The van der Waals surface area contributed by atoms with Gasteiger partial charge in [-0.15, -0.1) is 8.78 Å². The summed E-state index contributed by atoms with van der Waals surface area (Å²) in [5, 5.41) is 12.7. The van der Waals surface area contributed by atoms with Crippen LogP contribution in [0.5, 0.6) is 17.4 Å². The van der Waals surface area contributed by atoms with E-state index in [1.807, 2.05) is 132 Å². The van der Waals surface area contributed by atoms with E-state index in [1.165, 1.54) is 59.0 Å². The summed E-state index contributed by atoms with van der Waals surface area (Å²) < 4.78 is 125. The van der Waals surface area contributed by atoms with Crippen LogP contribution in [0.2, 0.25) is 0 Å². The van der Waals surface area contributed by atoms with Gasteiger partial charge in [0.05, 0.1) is 91.3 Å². The third kappa shape index (κ3) is 19.0. The second-order valence-corrected chi connectivity index (χ2v) is 31.5. The van der Waals surface area contributed by atoms with Crippen LogP contribution in [-0.4, -0.2) is 136 Å². The molecule has 0 spiro atoms. The number of carbonyl (C=O) groups is 4. The second-order valence-electron chi connectivity index (χ2n) is 31.5. The van der Waals surface area contributed by atoms with Gasteiger partial charge in [0.2, 0.25) is 29.5 Å². The van der Waals surface area contributed by atoms with Crippen molar-refractivity contribution in [2.45, 2.75) is 104 Å². The van der Waals surface area contributed by atoms with Gasteiger partial charge in [0.25, 0.3) is 0 Å². The third-order valence-corrected chi connectivity index (χ3v) is 22.0. The van der Waals surface area contributed by atoms with E-state index < -0.39 is 30.9 Å². The van der Waals surface area contributed by atoms with Crippen molar-refractivity contribution in [1.29, 1.82) is 0 Å². The van der Waals surface area contributed by atoms with E-state index >= 15 is 0 Å². The molecule has 30 nitrogen and oxygen atoms in total. The van der Waals surface area contributed by atoms with E-state index in [0.717, 1.165) is 74.3 Å². The molecule has 0 fully saturated rings. The number of pyridine rings is 1. The van der Waals surface area contributed by atoms with Crippen LogP contribution in [0.1, 0.15) is 88.1 Å². The average Bonchev–Trinajstić information content (AvgIpc) is 1.64. The first-order valence-corrected chi connectivity index (χ1v) is 41.7. The second kappa shape index (κ2) is 36.5. The van der Waals surface area contributed by atoms with Crippen molar-refractivity contribution in [3.8, 4) is 91.4 Å². The van der Waals surface area contributed by atoms with Gasteiger partial charge in [-0.3, -0.25) is 38.8 Å². The molecule has 0 saturated carbocycles. The Morgan fingerprint density at radius 1 is 0.444 bits per heavy atom. The fourth-order valence-corrected chi connectivity index (χ4v) is 15.6. The molecule has 38 heteroatoms. The minimum absolute atomic E-state index is 0.0194. The Morgan fingerprint density at radius 3 is 1.29 bits per heavy atom. The highest BCUT2D eigenvalue weighted by Gasteiger charge is 2.46. The summed E-state index contributed by atoms with van der Waals surface area (Å²) in [6.45, 7) is 6.06. The molecule has 0 atom stereocenters. The van der Waals surface area contributed by atoms with E-state index in [9.17, 15) is 54.3 Å². The lowest BCUT2D eigenvalue weighted by Gasteiger charge is -2.18. The third-order valence-electron chi connectivity index (χ3n) is 22.0. The number of aryl methyl sites for hydroxylation is 2. The number of benzene rings is 6. The first-order chi connectivity index (χ1) is 64.2. The van der Waals surface area contributed by atoms with E-state index in [2.05, 4.69) is 101 Å². The van der Waals surface area contributed by atoms with E-state index in [-0.39, 0.29) is 94.9 Å². The number of hydrogen-bond acceptors (Lipinski definition) is 22. The van der Waals surface area contributed by atoms with Crippen LogP contribution < -0.4 is 33.8 Å². The van der Waals surface area contributed by atoms with Crippen LogP contribution in [0, 0.1) is 0 Å². The molecule has 15 heterocycles. The van der Waals surface area contributed by atoms with E-state index in [1.54, 1.807) is 104 Å². The molecular weight excluding hydrogens is 1730 g/mol. The molecule has 6 aromatic carbocycles. The number of fused-ring (bicyclic) bond motifs is 5. The molecule has 0 unspecified atom stereocenters. The number of carbonyl (C=O) groups excluding carboxylic acids is 4. The molecule has 0 aliphatic carbocycles. The van der Waals surface area contributed by atoms with Gasteiger partial charge >= 0.3 is 18.6 Å². The van der Waals surface area contributed by atoms with Crippen molar-refractivity contribution < 1.29 is 68.5 Å². The first kappa shape index (κ1) is 87.1. The Hall–Kier alpha value is -16.6. The van der Waals surface area contributed by atoms with Crippen LogP contribution in [0.4, 0.5) is 58.4 Å². The summed E-state index contributed by atoms with van der Waals surface area (Å²) in [5.74, 6) is 3.03. The minimum atomic E-state index is -4.57. The zero-order chi connectivity index (χ0) is 92.4. The maximum atomic E-state index is 13.6. The zero-order valence-corrected chi connectivity index (χ0v) is 71.1. The van der Waals surface area contributed by atoms with Crippen molar-refractivity contribution in [3.63, 3.8) is 0 Å². The molecule has 5 aliphatic rings. The highest BCUT2D eigenvalue weighted by Crippen LogP contribution is 2.48. The lowest BCUT2D eigenvalue weighted by atomic mass is 10.0. The molecule has 5 aliphatic heterocycles. The highest BCUT2D eigenvalue weighted by molar-refractivity contribution is 6.03. The van der Waals surface area contributed by atoms with Crippen LogP contribution in [0.3, 0.4) is 0 Å². The monoisotopic (exact) mass is 1800 g/mol. The number of hydrogen-bond donors (Lipinski definition) is 0. The zero-order valence-electron chi connectivity index (χ0n) is 71.1. The molecule has 668 valence electrons. The van der Waals surface area contributed by atoms with Gasteiger partial charge < -0.3 is 18.8 Å². The molecular formula is C95H75F8N23O7. The molecule has 133 heavy (non-hydrogen) atoms. The number of imidazole rings is 1. The summed E-state index contributed by atoms with van der Waals surface area (Å²) in [4.78, 5) is 109. The molecule has 0 N–H and O–H groups in total. The summed E-state index contributed by atoms with van der Waals surface area (Å²) in [6, 6.07) is 51.5. The fourth-order valence-electron chi connectivity index (χ4n) is 15.6. The molecule has 21 rings (SSSR count). The van der Waals surface area contributed by atoms with Crippen LogP contribution >= 0.6 is 0 Å². The quantitative estimate of drug-likeness (QED) is 0.0640. The Labute approximate surface area is 752 Å². The summed E-state index contributed by atoms with van der Waals surface area (Å²) >= 11 is 0. The predicted octanol–water partition coefficient (Wildman–Crippen LogP) is 16.0. The maximum absolute atomic E-state index is 13.6. The van der Waals surface area contributed by atoms with Crippen molar-refractivity contribution in [2.24, 2.45) is 7.05 Å². The molecule has 10 aromatic heterocycles. The van der Waals surface area contributed by atoms with Gasteiger partial charge in [0.15, 0.2) is 47.1 Å². The predicted molar refractivity (Wildman–Crippen MR) is 468 cm³/mol. The highest BCUT2D eigenvalue weighted by atomic mass is 19.4.